The maximum atomic E-state index is 12.3. The molecule has 1 aromatic carbocycles. The number of rotatable bonds is 6. The number of anilines is 1. The number of para-hydroxylation sites is 1. The summed E-state index contributed by atoms with van der Waals surface area (Å²) in [6.45, 7) is 5.76. The van der Waals surface area contributed by atoms with Gasteiger partial charge in [-0.1, -0.05) is 36.9 Å². The van der Waals surface area contributed by atoms with Crippen LogP contribution in [0.3, 0.4) is 0 Å². The zero-order chi connectivity index (χ0) is 17.4. The Morgan fingerprint density at radius 3 is 2.83 bits per heavy atom. The number of amides is 1. The van der Waals surface area contributed by atoms with Crippen LogP contribution in [0.4, 0.5) is 5.82 Å². The number of carbonyl (C=O) groups is 1. The largest absolute Gasteiger partial charge is 0.489 e. The van der Waals surface area contributed by atoms with Gasteiger partial charge in [-0.25, -0.2) is 4.98 Å². The van der Waals surface area contributed by atoms with E-state index in [-0.39, 0.29) is 5.57 Å². The highest BCUT2D eigenvalue weighted by molar-refractivity contribution is 6.09. The van der Waals surface area contributed by atoms with E-state index in [4.69, 9.17) is 4.74 Å². The summed E-state index contributed by atoms with van der Waals surface area (Å²) in [5.74, 6) is 0.457. The number of nitriles is 1. The minimum atomic E-state index is -0.519. The number of ether oxygens (including phenoxy) is 1. The van der Waals surface area contributed by atoms with Gasteiger partial charge in [0.05, 0.1) is 0 Å². The summed E-state index contributed by atoms with van der Waals surface area (Å²) in [4.78, 5) is 16.5. The number of hydrogen-bond acceptors (Lipinski definition) is 4. The zero-order valence-corrected chi connectivity index (χ0v) is 13.3. The van der Waals surface area contributed by atoms with Crippen LogP contribution >= 0.6 is 0 Å². The van der Waals surface area contributed by atoms with Crippen molar-refractivity contribution in [3.63, 3.8) is 0 Å². The molecule has 0 saturated carbocycles. The lowest BCUT2D eigenvalue weighted by Gasteiger charge is -2.08. The third-order valence-electron chi connectivity index (χ3n) is 3.07. The van der Waals surface area contributed by atoms with Gasteiger partial charge in [0.25, 0.3) is 5.91 Å². The van der Waals surface area contributed by atoms with E-state index in [0.29, 0.717) is 23.7 Å². The van der Waals surface area contributed by atoms with Gasteiger partial charge < -0.3 is 10.1 Å². The van der Waals surface area contributed by atoms with E-state index in [1.807, 2.05) is 31.2 Å². The van der Waals surface area contributed by atoms with E-state index in [0.717, 1.165) is 5.69 Å². The number of benzene rings is 1. The van der Waals surface area contributed by atoms with Crippen molar-refractivity contribution in [2.75, 3.05) is 11.9 Å². The molecule has 0 atom stereocenters. The molecular formula is C19H17N3O2. The molecule has 1 amide bonds. The lowest BCUT2D eigenvalue weighted by atomic mass is 10.1. The van der Waals surface area contributed by atoms with Crippen LogP contribution in [-0.2, 0) is 4.79 Å². The molecule has 5 nitrogen and oxygen atoms in total. The Balaban J connectivity index is 2.24. The van der Waals surface area contributed by atoms with E-state index in [2.05, 4.69) is 16.9 Å². The third-order valence-corrected chi connectivity index (χ3v) is 3.07. The van der Waals surface area contributed by atoms with Crippen molar-refractivity contribution in [2.45, 2.75) is 6.92 Å². The van der Waals surface area contributed by atoms with Crippen LogP contribution in [0, 0.1) is 18.3 Å². The Hall–Kier alpha value is -3.39. The van der Waals surface area contributed by atoms with Crippen molar-refractivity contribution < 1.29 is 9.53 Å². The first kappa shape index (κ1) is 17.0. The van der Waals surface area contributed by atoms with Gasteiger partial charge in [0.1, 0.15) is 29.8 Å². The Bertz CT molecular complexity index is 819. The third kappa shape index (κ3) is 4.55. The normalized spacial score (nSPS) is 10.6. The topological polar surface area (TPSA) is 75.0 Å². The second kappa shape index (κ2) is 8.30. The molecule has 0 unspecified atom stereocenters. The SMILES string of the molecule is C=CCOc1ccccc1/C=C(\C#N)C(=O)Nc1cccc(C)n1. The van der Waals surface area contributed by atoms with Gasteiger partial charge in [-0.2, -0.15) is 5.26 Å². The molecule has 0 bridgehead atoms. The Morgan fingerprint density at radius 1 is 1.33 bits per heavy atom. The maximum Gasteiger partial charge on any atom is 0.267 e. The van der Waals surface area contributed by atoms with E-state index >= 15 is 0 Å². The highest BCUT2D eigenvalue weighted by Gasteiger charge is 2.11. The van der Waals surface area contributed by atoms with Crippen LogP contribution in [0.5, 0.6) is 5.75 Å². The average molecular weight is 319 g/mol. The standard InChI is InChI=1S/C19H17N3O2/c1-3-11-24-17-9-5-4-8-15(17)12-16(13-20)19(23)22-18-10-6-7-14(2)21-18/h3-10,12H,1,11H2,2H3,(H,21,22,23)/b16-12+. The van der Waals surface area contributed by atoms with Gasteiger partial charge in [0.2, 0.25) is 0 Å². The molecule has 0 aliphatic heterocycles. The van der Waals surface area contributed by atoms with Gasteiger partial charge in [-0.15, -0.1) is 0 Å². The molecule has 2 aromatic rings. The fourth-order valence-electron chi connectivity index (χ4n) is 1.98. The first-order valence-corrected chi connectivity index (χ1v) is 7.33. The quantitative estimate of drug-likeness (QED) is 0.502. The molecule has 0 aliphatic carbocycles. The van der Waals surface area contributed by atoms with Gasteiger partial charge in [0.15, 0.2) is 0 Å². The number of carbonyl (C=O) groups excluding carboxylic acids is 1. The molecule has 120 valence electrons. The summed E-state index contributed by atoms with van der Waals surface area (Å²) >= 11 is 0. The molecule has 0 radical (unpaired) electrons. The molecule has 1 heterocycles. The minimum Gasteiger partial charge on any atom is -0.489 e. The Kier molecular flexibility index (Phi) is 5.87. The van der Waals surface area contributed by atoms with E-state index < -0.39 is 5.91 Å². The Labute approximate surface area is 140 Å². The summed E-state index contributed by atoms with van der Waals surface area (Å²) in [6, 6.07) is 14.4. The molecule has 0 spiro atoms. The summed E-state index contributed by atoms with van der Waals surface area (Å²) < 4.78 is 5.53. The van der Waals surface area contributed by atoms with Crippen molar-refractivity contribution in [1.29, 1.82) is 5.26 Å². The lowest BCUT2D eigenvalue weighted by molar-refractivity contribution is -0.112. The van der Waals surface area contributed by atoms with Gasteiger partial charge in [0, 0.05) is 11.3 Å². The van der Waals surface area contributed by atoms with Crippen LogP contribution in [0.2, 0.25) is 0 Å². The van der Waals surface area contributed by atoms with Crippen molar-refractivity contribution in [3.8, 4) is 11.8 Å². The number of nitrogens with one attached hydrogen (secondary N) is 1. The predicted molar refractivity (Wildman–Crippen MR) is 93.3 cm³/mol. The predicted octanol–water partition coefficient (Wildman–Crippen LogP) is 3.50. The summed E-state index contributed by atoms with van der Waals surface area (Å²) in [7, 11) is 0. The zero-order valence-electron chi connectivity index (χ0n) is 13.3. The van der Waals surface area contributed by atoms with Gasteiger partial charge in [-0.05, 0) is 31.2 Å². The van der Waals surface area contributed by atoms with Gasteiger partial charge in [-0.3, -0.25) is 4.79 Å². The molecular weight excluding hydrogens is 302 g/mol. The molecule has 1 aromatic heterocycles. The van der Waals surface area contributed by atoms with E-state index in [1.165, 1.54) is 6.08 Å². The fourth-order valence-corrected chi connectivity index (χ4v) is 1.98. The van der Waals surface area contributed by atoms with Gasteiger partial charge >= 0.3 is 0 Å². The number of aromatic nitrogens is 1. The van der Waals surface area contributed by atoms with Crippen molar-refractivity contribution in [2.24, 2.45) is 0 Å². The highest BCUT2D eigenvalue weighted by atomic mass is 16.5. The molecule has 0 fully saturated rings. The molecule has 5 heteroatoms. The minimum absolute atomic E-state index is 0.0343. The summed E-state index contributed by atoms with van der Waals surface area (Å²) in [5, 5.41) is 11.9. The molecule has 0 saturated heterocycles. The number of hydrogen-bond donors (Lipinski definition) is 1. The lowest BCUT2D eigenvalue weighted by Crippen LogP contribution is -2.14. The monoisotopic (exact) mass is 319 g/mol. The highest BCUT2D eigenvalue weighted by Crippen LogP contribution is 2.21. The number of aryl methyl sites for hydroxylation is 1. The van der Waals surface area contributed by atoms with Crippen LogP contribution in [-0.4, -0.2) is 17.5 Å². The van der Waals surface area contributed by atoms with Crippen molar-refractivity contribution in [3.05, 3.63) is 72.0 Å². The smallest absolute Gasteiger partial charge is 0.267 e. The number of nitrogens with zero attached hydrogens (tertiary/aromatic N) is 2. The summed E-state index contributed by atoms with van der Waals surface area (Å²) in [6.07, 6.45) is 3.12. The number of pyridine rings is 1. The second-order valence-corrected chi connectivity index (χ2v) is 4.93. The van der Waals surface area contributed by atoms with Crippen LogP contribution in [0.15, 0.2) is 60.7 Å². The van der Waals surface area contributed by atoms with E-state index in [9.17, 15) is 10.1 Å². The fraction of sp³-hybridized carbons (Fsp3) is 0.105. The second-order valence-electron chi connectivity index (χ2n) is 4.93. The average Bonchev–Trinajstić information content (AvgIpc) is 2.58. The Morgan fingerprint density at radius 2 is 2.12 bits per heavy atom. The van der Waals surface area contributed by atoms with Crippen LogP contribution in [0.25, 0.3) is 6.08 Å². The summed E-state index contributed by atoms with van der Waals surface area (Å²) in [5.41, 5.74) is 1.38. The first-order valence-electron chi connectivity index (χ1n) is 7.33. The van der Waals surface area contributed by atoms with E-state index in [1.54, 1.807) is 30.3 Å². The first-order chi connectivity index (χ1) is 11.6. The molecule has 24 heavy (non-hydrogen) atoms. The van der Waals surface area contributed by atoms with Crippen LogP contribution < -0.4 is 10.1 Å². The van der Waals surface area contributed by atoms with Crippen LogP contribution in [0.1, 0.15) is 11.3 Å². The maximum absolute atomic E-state index is 12.3. The molecule has 1 N–H and O–H groups in total. The van der Waals surface area contributed by atoms with Crippen molar-refractivity contribution in [1.82, 2.24) is 4.98 Å². The van der Waals surface area contributed by atoms with Crippen molar-refractivity contribution >= 4 is 17.8 Å². The molecule has 0 aliphatic rings. The molecule has 2 rings (SSSR count).